The van der Waals surface area contributed by atoms with E-state index in [2.05, 4.69) is 72.0 Å². The summed E-state index contributed by atoms with van der Waals surface area (Å²) in [6.07, 6.45) is 6.09. The minimum absolute atomic E-state index is 0.502. The van der Waals surface area contributed by atoms with Crippen LogP contribution in [-0.4, -0.2) is 49.3 Å². The van der Waals surface area contributed by atoms with Gasteiger partial charge in [0.05, 0.1) is 19.7 Å². The van der Waals surface area contributed by atoms with E-state index in [-0.39, 0.29) is 0 Å². The van der Waals surface area contributed by atoms with Gasteiger partial charge in [-0.3, -0.25) is 4.98 Å². The Hall–Kier alpha value is -3.31. The molecule has 0 N–H and O–H groups in total. The summed E-state index contributed by atoms with van der Waals surface area (Å²) in [6.45, 7) is 4.23. The molecule has 5 heteroatoms. The molecule has 2 aromatic heterocycles. The molecule has 1 atom stereocenters. The molecule has 0 saturated carbocycles. The van der Waals surface area contributed by atoms with E-state index in [1.807, 2.05) is 30.6 Å². The predicted molar refractivity (Wildman–Crippen MR) is 131 cm³/mol. The van der Waals surface area contributed by atoms with E-state index in [0.717, 1.165) is 46.8 Å². The van der Waals surface area contributed by atoms with E-state index in [0.29, 0.717) is 5.92 Å². The molecule has 0 spiro atoms. The second-order valence-corrected chi connectivity index (χ2v) is 8.61. The topological polar surface area (TPSA) is 39.5 Å². The van der Waals surface area contributed by atoms with Crippen LogP contribution in [0.3, 0.4) is 0 Å². The summed E-state index contributed by atoms with van der Waals surface area (Å²) in [5.74, 6) is 2.24. The minimum atomic E-state index is 0.502. The van der Waals surface area contributed by atoms with E-state index in [1.165, 1.54) is 10.9 Å². The Morgan fingerprint density at radius 1 is 0.938 bits per heavy atom. The number of benzene rings is 2. The maximum atomic E-state index is 5.74. The first kappa shape index (κ1) is 21.9. The highest BCUT2D eigenvalue weighted by Crippen LogP contribution is 2.37. The van der Waals surface area contributed by atoms with Crippen LogP contribution in [0.1, 0.15) is 6.92 Å². The summed E-state index contributed by atoms with van der Waals surface area (Å²) < 4.78 is 13.4. The lowest BCUT2D eigenvalue weighted by Gasteiger charge is -2.18. The summed E-state index contributed by atoms with van der Waals surface area (Å²) in [5.41, 5.74) is 5.58. The lowest BCUT2D eigenvalue weighted by atomic mass is 10.0. The first-order valence-electron chi connectivity index (χ1n) is 10.9. The van der Waals surface area contributed by atoms with Gasteiger partial charge in [-0.15, -0.1) is 0 Å². The molecule has 4 aromatic rings. The number of aromatic nitrogens is 2. The predicted octanol–water partition coefficient (Wildman–Crippen LogP) is 5.59. The Kier molecular flexibility index (Phi) is 6.47. The Morgan fingerprint density at radius 3 is 2.38 bits per heavy atom. The van der Waals surface area contributed by atoms with Gasteiger partial charge in [-0.25, -0.2) is 0 Å². The summed E-state index contributed by atoms with van der Waals surface area (Å²) in [4.78, 5) is 6.79. The van der Waals surface area contributed by atoms with Gasteiger partial charge in [-0.1, -0.05) is 31.2 Å². The van der Waals surface area contributed by atoms with Crippen molar-refractivity contribution in [1.82, 2.24) is 14.5 Å². The van der Waals surface area contributed by atoms with Crippen molar-refractivity contribution in [2.24, 2.45) is 5.92 Å². The smallest absolute Gasteiger partial charge is 0.143 e. The quantitative estimate of drug-likeness (QED) is 0.366. The van der Waals surface area contributed by atoms with Crippen molar-refractivity contribution in [1.29, 1.82) is 0 Å². The van der Waals surface area contributed by atoms with E-state index >= 15 is 0 Å². The number of hydrogen-bond donors (Lipinski definition) is 0. The van der Waals surface area contributed by atoms with Crippen LogP contribution < -0.4 is 9.47 Å². The fourth-order valence-electron chi connectivity index (χ4n) is 4.41. The van der Waals surface area contributed by atoms with Crippen molar-refractivity contribution in [3.8, 4) is 33.8 Å². The maximum absolute atomic E-state index is 5.74. The van der Waals surface area contributed by atoms with E-state index in [1.54, 1.807) is 14.2 Å². The molecule has 0 saturated heterocycles. The van der Waals surface area contributed by atoms with E-state index in [9.17, 15) is 0 Å². The van der Waals surface area contributed by atoms with Crippen LogP contribution in [0.4, 0.5) is 0 Å². The molecule has 4 rings (SSSR count). The van der Waals surface area contributed by atoms with Gasteiger partial charge < -0.3 is 18.9 Å². The molecule has 1 unspecified atom stereocenters. The Morgan fingerprint density at radius 2 is 1.69 bits per heavy atom. The standard InChI is InChI=1S/C27H31N3O2/c1-19(16-29(2)3)17-30-18-25(24-7-6-8-26(32-5)27(24)30)22-13-21(14-28-15-22)20-9-11-23(31-4)12-10-20/h6-15,18-19H,16-17H2,1-5H3. The van der Waals surface area contributed by atoms with Crippen LogP contribution in [0.5, 0.6) is 11.5 Å². The number of pyridine rings is 1. The van der Waals surface area contributed by atoms with Crippen LogP contribution in [-0.2, 0) is 6.54 Å². The fraction of sp³-hybridized carbons (Fsp3) is 0.296. The average molecular weight is 430 g/mol. The second-order valence-electron chi connectivity index (χ2n) is 8.61. The normalized spacial score (nSPS) is 12.3. The second kappa shape index (κ2) is 9.45. The van der Waals surface area contributed by atoms with E-state index in [4.69, 9.17) is 9.47 Å². The average Bonchev–Trinajstić information content (AvgIpc) is 3.17. The van der Waals surface area contributed by atoms with Crippen molar-refractivity contribution < 1.29 is 9.47 Å². The molecular formula is C27H31N3O2. The lowest BCUT2D eigenvalue weighted by Crippen LogP contribution is -2.22. The Bertz CT molecular complexity index is 1200. The van der Waals surface area contributed by atoms with Gasteiger partial charge in [-0.2, -0.15) is 0 Å². The molecule has 2 aromatic carbocycles. The van der Waals surface area contributed by atoms with Crippen molar-refractivity contribution in [2.45, 2.75) is 13.5 Å². The highest BCUT2D eigenvalue weighted by molar-refractivity contribution is 5.99. The van der Waals surface area contributed by atoms with Crippen LogP contribution in [0.25, 0.3) is 33.2 Å². The summed E-state index contributed by atoms with van der Waals surface area (Å²) in [6, 6.07) is 16.5. The van der Waals surface area contributed by atoms with Gasteiger partial charge in [-0.05, 0) is 49.8 Å². The number of methoxy groups -OCH3 is 2. The molecular weight excluding hydrogens is 398 g/mol. The molecule has 0 aliphatic heterocycles. The molecule has 0 aliphatic carbocycles. The van der Waals surface area contributed by atoms with Gasteiger partial charge in [0.1, 0.15) is 11.5 Å². The van der Waals surface area contributed by atoms with Crippen molar-refractivity contribution in [2.75, 3.05) is 34.9 Å². The van der Waals surface area contributed by atoms with Gasteiger partial charge in [0.2, 0.25) is 0 Å². The summed E-state index contributed by atoms with van der Waals surface area (Å²) in [5, 5.41) is 1.18. The first-order valence-corrected chi connectivity index (χ1v) is 10.9. The maximum Gasteiger partial charge on any atom is 0.143 e. The summed E-state index contributed by atoms with van der Waals surface area (Å²) in [7, 11) is 7.65. The van der Waals surface area contributed by atoms with Crippen molar-refractivity contribution >= 4 is 10.9 Å². The third-order valence-electron chi connectivity index (χ3n) is 5.74. The number of hydrogen-bond acceptors (Lipinski definition) is 4. The Balaban J connectivity index is 1.79. The summed E-state index contributed by atoms with van der Waals surface area (Å²) >= 11 is 0. The number of fused-ring (bicyclic) bond motifs is 1. The lowest BCUT2D eigenvalue weighted by molar-refractivity contribution is 0.317. The third kappa shape index (κ3) is 4.48. The molecule has 0 fully saturated rings. The SMILES string of the molecule is COc1ccc(-c2cncc(-c3cn(CC(C)CN(C)C)c4c(OC)cccc34)c2)cc1. The van der Waals surface area contributed by atoms with Gasteiger partial charge in [0, 0.05) is 53.8 Å². The van der Waals surface area contributed by atoms with Crippen molar-refractivity contribution in [3.05, 3.63) is 67.1 Å². The zero-order valence-electron chi connectivity index (χ0n) is 19.5. The number of para-hydroxylation sites is 1. The first-order chi connectivity index (χ1) is 15.5. The van der Waals surface area contributed by atoms with Crippen molar-refractivity contribution in [3.63, 3.8) is 0 Å². The molecule has 0 radical (unpaired) electrons. The highest BCUT2D eigenvalue weighted by Gasteiger charge is 2.17. The molecule has 32 heavy (non-hydrogen) atoms. The highest BCUT2D eigenvalue weighted by atomic mass is 16.5. The van der Waals surface area contributed by atoms with Crippen LogP contribution in [0, 0.1) is 5.92 Å². The Labute approximate surface area is 190 Å². The molecule has 2 heterocycles. The minimum Gasteiger partial charge on any atom is -0.497 e. The van der Waals surface area contributed by atoms with Crippen LogP contribution in [0.2, 0.25) is 0 Å². The third-order valence-corrected chi connectivity index (χ3v) is 5.74. The van der Waals surface area contributed by atoms with Crippen LogP contribution >= 0.6 is 0 Å². The monoisotopic (exact) mass is 429 g/mol. The zero-order valence-corrected chi connectivity index (χ0v) is 19.5. The number of rotatable bonds is 8. The largest absolute Gasteiger partial charge is 0.497 e. The molecule has 0 bridgehead atoms. The van der Waals surface area contributed by atoms with E-state index < -0.39 is 0 Å². The molecule has 0 aliphatic rings. The molecule has 5 nitrogen and oxygen atoms in total. The number of nitrogens with zero attached hydrogens (tertiary/aromatic N) is 3. The van der Waals surface area contributed by atoms with Gasteiger partial charge in [0.15, 0.2) is 0 Å². The van der Waals surface area contributed by atoms with Gasteiger partial charge in [0.25, 0.3) is 0 Å². The molecule has 166 valence electrons. The fourth-order valence-corrected chi connectivity index (χ4v) is 4.41. The van der Waals surface area contributed by atoms with Crippen LogP contribution in [0.15, 0.2) is 67.1 Å². The number of ether oxygens (including phenoxy) is 2. The zero-order chi connectivity index (χ0) is 22.7. The molecule has 0 amide bonds. The van der Waals surface area contributed by atoms with Gasteiger partial charge >= 0.3 is 0 Å².